The van der Waals surface area contributed by atoms with Gasteiger partial charge in [0.1, 0.15) is 11.4 Å². The summed E-state index contributed by atoms with van der Waals surface area (Å²) in [5, 5.41) is 0. The molecule has 0 aliphatic carbocycles. The zero-order valence-electron chi connectivity index (χ0n) is 20.1. The Morgan fingerprint density at radius 1 is 0.824 bits per heavy atom. The summed E-state index contributed by atoms with van der Waals surface area (Å²) in [7, 11) is 1.85. The largest absolute Gasteiger partial charge is 0.491 e. The van der Waals surface area contributed by atoms with E-state index < -0.39 is 0 Å². The molecular formula is C29H30N2O3. The standard InChI is InChI=1S/C29H30N2O3/c1-5-21-11-15-24(16-12-21)31-28(32)26(23-13-17-25(18-14-23)34-20(2)3)27(29(31)33)30(4)19-22-9-7-6-8-10-22/h6-18,20H,5,19H2,1-4H3. The van der Waals surface area contributed by atoms with Crippen molar-refractivity contribution >= 4 is 23.1 Å². The number of anilines is 1. The minimum atomic E-state index is -0.318. The Hall–Kier alpha value is -3.86. The molecule has 4 rings (SSSR count). The minimum absolute atomic E-state index is 0.0499. The Bertz CT molecular complexity index is 1200. The highest BCUT2D eigenvalue weighted by Crippen LogP contribution is 2.35. The van der Waals surface area contributed by atoms with Crippen molar-refractivity contribution < 1.29 is 14.3 Å². The topological polar surface area (TPSA) is 49.9 Å². The Morgan fingerprint density at radius 2 is 1.47 bits per heavy atom. The molecule has 0 bridgehead atoms. The molecule has 0 aromatic heterocycles. The number of nitrogens with zero attached hydrogens (tertiary/aromatic N) is 2. The summed E-state index contributed by atoms with van der Waals surface area (Å²) < 4.78 is 5.76. The second-order valence-corrected chi connectivity index (χ2v) is 8.72. The summed E-state index contributed by atoms with van der Waals surface area (Å²) in [6, 6.07) is 24.9. The maximum absolute atomic E-state index is 13.7. The summed E-state index contributed by atoms with van der Waals surface area (Å²) >= 11 is 0. The van der Waals surface area contributed by atoms with Crippen LogP contribution in [-0.2, 0) is 22.6 Å². The molecule has 0 N–H and O–H groups in total. The fraction of sp³-hybridized carbons (Fsp3) is 0.241. The number of rotatable bonds is 8. The molecule has 34 heavy (non-hydrogen) atoms. The van der Waals surface area contributed by atoms with Crippen LogP contribution in [0.25, 0.3) is 5.57 Å². The smallest absolute Gasteiger partial charge is 0.282 e. The highest BCUT2D eigenvalue weighted by atomic mass is 16.5. The molecule has 174 valence electrons. The average molecular weight is 455 g/mol. The van der Waals surface area contributed by atoms with Crippen molar-refractivity contribution in [1.82, 2.24) is 4.90 Å². The molecule has 0 spiro atoms. The quantitative estimate of drug-likeness (QED) is 0.425. The molecule has 5 heteroatoms. The predicted molar refractivity (Wildman–Crippen MR) is 135 cm³/mol. The summed E-state index contributed by atoms with van der Waals surface area (Å²) in [6.45, 7) is 6.52. The fourth-order valence-electron chi connectivity index (χ4n) is 4.16. The molecular weight excluding hydrogens is 424 g/mol. The van der Waals surface area contributed by atoms with E-state index in [1.165, 1.54) is 4.90 Å². The first-order valence-corrected chi connectivity index (χ1v) is 11.6. The second-order valence-electron chi connectivity index (χ2n) is 8.72. The molecule has 0 atom stereocenters. The summed E-state index contributed by atoms with van der Waals surface area (Å²) in [6.07, 6.45) is 0.940. The number of aryl methyl sites for hydroxylation is 1. The monoisotopic (exact) mass is 454 g/mol. The first-order valence-electron chi connectivity index (χ1n) is 11.6. The molecule has 0 fully saturated rings. The zero-order valence-corrected chi connectivity index (χ0v) is 20.1. The number of imide groups is 1. The van der Waals surface area contributed by atoms with Gasteiger partial charge in [0.25, 0.3) is 11.8 Å². The molecule has 0 saturated heterocycles. The van der Waals surface area contributed by atoms with Crippen LogP contribution in [0.15, 0.2) is 84.6 Å². The Kier molecular flexibility index (Phi) is 6.82. The van der Waals surface area contributed by atoms with Crippen molar-refractivity contribution in [3.63, 3.8) is 0 Å². The highest BCUT2D eigenvalue weighted by Gasteiger charge is 2.41. The van der Waals surface area contributed by atoms with Crippen molar-refractivity contribution in [2.24, 2.45) is 0 Å². The average Bonchev–Trinajstić information content (AvgIpc) is 3.10. The van der Waals surface area contributed by atoms with Crippen molar-refractivity contribution in [2.75, 3.05) is 11.9 Å². The normalized spacial score (nSPS) is 13.7. The van der Waals surface area contributed by atoms with Crippen LogP contribution >= 0.6 is 0 Å². The van der Waals surface area contributed by atoms with Crippen LogP contribution in [0, 0.1) is 0 Å². The number of likely N-dealkylation sites (N-methyl/N-ethyl adjacent to an activating group) is 1. The van der Waals surface area contributed by atoms with Crippen LogP contribution in [-0.4, -0.2) is 29.9 Å². The van der Waals surface area contributed by atoms with Gasteiger partial charge >= 0.3 is 0 Å². The molecule has 1 aliphatic heterocycles. The lowest BCUT2D eigenvalue weighted by Crippen LogP contribution is -2.34. The summed E-state index contributed by atoms with van der Waals surface area (Å²) in [5.41, 5.74) is 4.27. The number of carbonyl (C=O) groups is 2. The van der Waals surface area contributed by atoms with Gasteiger partial charge in [0, 0.05) is 13.6 Å². The summed E-state index contributed by atoms with van der Waals surface area (Å²) in [4.78, 5) is 30.5. The second kappa shape index (κ2) is 9.96. The highest BCUT2D eigenvalue weighted by molar-refractivity contribution is 6.45. The van der Waals surface area contributed by atoms with Gasteiger partial charge in [-0.05, 0) is 61.2 Å². The van der Waals surface area contributed by atoms with E-state index in [2.05, 4.69) is 6.92 Å². The molecule has 0 unspecified atom stereocenters. The lowest BCUT2D eigenvalue weighted by atomic mass is 10.0. The van der Waals surface area contributed by atoms with E-state index in [1.807, 2.05) is 105 Å². The van der Waals surface area contributed by atoms with E-state index in [0.717, 1.165) is 23.3 Å². The van der Waals surface area contributed by atoms with Gasteiger partial charge < -0.3 is 9.64 Å². The minimum Gasteiger partial charge on any atom is -0.491 e. The number of benzene rings is 3. The summed E-state index contributed by atoms with van der Waals surface area (Å²) in [5.74, 6) is 0.0918. The van der Waals surface area contributed by atoms with Gasteiger partial charge in [-0.1, -0.05) is 61.5 Å². The third-order valence-corrected chi connectivity index (χ3v) is 5.82. The molecule has 0 saturated carbocycles. The van der Waals surface area contributed by atoms with Crippen LogP contribution < -0.4 is 9.64 Å². The predicted octanol–water partition coefficient (Wildman–Crippen LogP) is 5.45. The fourth-order valence-corrected chi connectivity index (χ4v) is 4.16. The van der Waals surface area contributed by atoms with E-state index >= 15 is 0 Å². The first-order chi connectivity index (χ1) is 16.4. The van der Waals surface area contributed by atoms with Crippen LogP contribution in [0.4, 0.5) is 5.69 Å². The lowest BCUT2D eigenvalue weighted by molar-refractivity contribution is -0.120. The Labute approximate surface area is 201 Å². The van der Waals surface area contributed by atoms with E-state index in [0.29, 0.717) is 29.1 Å². The maximum atomic E-state index is 13.7. The van der Waals surface area contributed by atoms with Crippen LogP contribution in [0.1, 0.15) is 37.5 Å². The van der Waals surface area contributed by atoms with Gasteiger partial charge in [-0.25, -0.2) is 4.90 Å². The van der Waals surface area contributed by atoms with Crippen molar-refractivity contribution in [1.29, 1.82) is 0 Å². The molecule has 1 heterocycles. The first kappa shape index (κ1) is 23.3. The van der Waals surface area contributed by atoms with Crippen molar-refractivity contribution in [3.8, 4) is 5.75 Å². The van der Waals surface area contributed by atoms with Crippen molar-refractivity contribution in [2.45, 2.75) is 39.8 Å². The van der Waals surface area contributed by atoms with Gasteiger partial charge in [-0.15, -0.1) is 0 Å². The van der Waals surface area contributed by atoms with Crippen LogP contribution in [0.5, 0.6) is 5.75 Å². The molecule has 2 amide bonds. The maximum Gasteiger partial charge on any atom is 0.282 e. The Morgan fingerprint density at radius 3 is 2.06 bits per heavy atom. The molecule has 1 aliphatic rings. The number of hydrogen-bond donors (Lipinski definition) is 0. The van der Waals surface area contributed by atoms with Gasteiger partial charge in [0.15, 0.2) is 0 Å². The molecule has 5 nitrogen and oxygen atoms in total. The van der Waals surface area contributed by atoms with E-state index in [4.69, 9.17) is 4.74 Å². The van der Waals surface area contributed by atoms with E-state index in [1.54, 1.807) is 0 Å². The number of hydrogen-bond acceptors (Lipinski definition) is 4. The molecule has 3 aromatic carbocycles. The van der Waals surface area contributed by atoms with E-state index in [9.17, 15) is 9.59 Å². The number of amides is 2. The van der Waals surface area contributed by atoms with Gasteiger partial charge in [0.2, 0.25) is 0 Å². The third-order valence-electron chi connectivity index (χ3n) is 5.82. The molecule has 3 aromatic rings. The Balaban J connectivity index is 1.75. The van der Waals surface area contributed by atoms with E-state index in [-0.39, 0.29) is 17.9 Å². The SMILES string of the molecule is CCc1ccc(N2C(=O)C(c3ccc(OC(C)C)cc3)=C(N(C)Cc3ccccc3)C2=O)cc1. The number of carbonyl (C=O) groups excluding carboxylic acids is 2. The van der Waals surface area contributed by atoms with Gasteiger partial charge in [-0.3, -0.25) is 9.59 Å². The van der Waals surface area contributed by atoms with Gasteiger partial charge in [-0.2, -0.15) is 0 Å². The van der Waals surface area contributed by atoms with Crippen LogP contribution in [0.3, 0.4) is 0 Å². The van der Waals surface area contributed by atoms with Crippen molar-refractivity contribution in [3.05, 3.63) is 101 Å². The van der Waals surface area contributed by atoms with Crippen LogP contribution in [0.2, 0.25) is 0 Å². The number of ether oxygens (including phenoxy) is 1. The van der Waals surface area contributed by atoms with Gasteiger partial charge in [0.05, 0.1) is 17.4 Å². The lowest BCUT2D eigenvalue weighted by Gasteiger charge is -2.21. The molecule has 0 radical (unpaired) electrons. The zero-order chi connectivity index (χ0) is 24.2. The third kappa shape index (κ3) is 4.74.